The van der Waals surface area contributed by atoms with E-state index in [-0.39, 0.29) is 6.42 Å². The summed E-state index contributed by atoms with van der Waals surface area (Å²) >= 11 is 0. The van der Waals surface area contributed by atoms with Gasteiger partial charge >= 0.3 is 5.97 Å². The fourth-order valence-corrected chi connectivity index (χ4v) is 3.45. The number of rotatable bonds is 10. The highest BCUT2D eigenvalue weighted by atomic mass is 16.5. The number of phenols is 1. The molecule has 2 N–H and O–H groups in total. The zero-order valence-corrected chi connectivity index (χ0v) is 15.5. The van der Waals surface area contributed by atoms with Crippen molar-refractivity contribution >= 4 is 5.97 Å². The molecule has 0 amide bonds. The Morgan fingerprint density at radius 2 is 1.42 bits per heavy atom. The van der Waals surface area contributed by atoms with E-state index >= 15 is 0 Å². The van der Waals surface area contributed by atoms with Gasteiger partial charge in [0.25, 0.3) is 0 Å². The van der Waals surface area contributed by atoms with Crippen LogP contribution in [0, 0.1) is 0 Å². The van der Waals surface area contributed by atoms with E-state index < -0.39 is 5.97 Å². The van der Waals surface area contributed by atoms with Crippen molar-refractivity contribution in [2.75, 3.05) is 6.61 Å². The van der Waals surface area contributed by atoms with Crippen molar-refractivity contribution in [1.29, 1.82) is 0 Å². The third-order valence-electron chi connectivity index (χ3n) is 4.80. The van der Waals surface area contributed by atoms with Gasteiger partial charge in [-0.1, -0.05) is 38.1 Å². The van der Waals surface area contributed by atoms with Crippen LogP contribution >= 0.6 is 0 Å². The quantitative estimate of drug-likeness (QED) is 0.565. The number of carboxylic acid groups (broad SMARTS) is 1. The summed E-state index contributed by atoms with van der Waals surface area (Å²) in [6, 6.07) is 15.6. The van der Waals surface area contributed by atoms with Crippen LogP contribution < -0.4 is 4.74 Å². The molecule has 0 spiro atoms. The van der Waals surface area contributed by atoms with Crippen molar-refractivity contribution < 1.29 is 19.7 Å². The lowest BCUT2D eigenvalue weighted by molar-refractivity contribution is -0.137. The van der Waals surface area contributed by atoms with Crippen molar-refractivity contribution in [3.05, 3.63) is 59.7 Å². The Labute approximate surface area is 155 Å². The smallest absolute Gasteiger partial charge is 0.303 e. The molecular formula is C22H28O4. The molecule has 2 aromatic carbocycles. The molecule has 140 valence electrons. The number of carbonyl (C=O) groups is 1. The zero-order valence-electron chi connectivity index (χ0n) is 15.5. The molecule has 0 bridgehead atoms. The highest BCUT2D eigenvalue weighted by molar-refractivity contribution is 5.66. The van der Waals surface area contributed by atoms with Gasteiger partial charge in [-0.3, -0.25) is 4.79 Å². The summed E-state index contributed by atoms with van der Waals surface area (Å²) in [5.74, 6) is 1.05. The molecule has 2 aromatic rings. The second-order valence-corrected chi connectivity index (χ2v) is 6.54. The fourth-order valence-electron chi connectivity index (χ4n) is 3.45. The van der Waals surface area contributed by atoms with Crippen LogP contribution in [0.3, 0.4) is 0 Å². The van der Waals surface area contributed by atoms with E-state index in [2.05, 4.69) is 26.0 Å². The van der Waals surface area contributed by atoms with E-state index in [9.17, 15) is 9.90 Å². The van der Waals surface area contributed by atoms with Gasteiger partial charge in [0, 0.05) is 6.42 Å². The minimum absolute atomic E-state index is 0.126. The number of ether oxygens (including phenoxy) is 1. The molecule has 0 aliphatic rings. The first-order valence-corrected chi connectivity index (χ1v) is 9.28. The summed E-state index contributed by atoms with van der Waals surface area (Å²) in [7, 11) is 0. The molecular weight excluding hydrogens is 328 g/mol. The van der Waals surface area contributed by atoms with Gasteiger partial charge in [0.2, 0.25) is 0 Å². The third kappa shape index (κ3) is 5.51. The third-order valence-corrected chi connectivity index (χ3v) is 4.80. The largest absolute Gasteiger partial charge is 0.508 e. The predicted molar refractivity (Wildman–Crippen MR) is 103 cm³/mol. The predicted octanol–water partition coefficient (Wildman–Crippen LogP) is 5.32. The Kier molecular flexibility index (Phi) is 7.52. The molecule has 0 aliphatic heterocycles. The lowest BCUT2D eigenvalue weighted by Gasteiger charge is -2.26. The van der Waals surface area contributed by atoms with Gasteiger partial charge in [-0.25, -0.2) is 0 Å². The van der Waals surface area contributed by atoms with Crippen LogP contribution in [0.2, 0.25) is 0 Å². The molecule has 0 aliphatic carbocycles. The first-order valence-electron chi connectivity index (χ1n) is 9.28. The molecule has 0 unspecified atom stereocenters. The minimum Gasteiger partial charge on any atom is -0.508 e. The van der Waals surface area contributed by atoms with Crippen molar-refractivity contribution in [2.45, 2.75) is 51.4 Å². The zero-order chi connectivity index (χ0) is 18.9. The molecule has 0 heterocycles. The number of phenolic OH excluding ortho intramolecular Hbond substituents is 1. The van der Waals surface area contributed by atoms with Gasteiger partial charge in [0.05, 0.1) is 6.61 Å². The fraction of sp³-hybridized carbons (Fsp3) is 0.409. The number of hydrogen-bond acceptors (Lipinski definition) is 3. The Morgan fingerprint density at radius 3 is 1.88 bits per heavy atom. The standard InChI is InChI=1S/C22H28O4/c1-3-20(16-7-11-18(23)12-8-16)21(4-2)17-9-13-19(14-10-17)26-15-5-6-22(24)25/h7-14,20-21,23H,3-6,15H2,1-2H3,(H,24,25)/t20-,21+/m0/s1. The number of carboxylic acids is 1. The summed E-state index contributed by atoms with van der Waals surface area (Å²) in [6.07, 6.45) is 2.68. The molecule has 4 nitrogen and oxygen atoms in total. The Morgan fingerprint density at radius 1 is 0.923 bits per heavy atom. The average molecular weight is 356 g/mol. The van der Waals surface area contributed by atoms with Crippen LogP contribution in [-0.4, -0.2) is 22.8 Å². The molecule has 0 aromatic heterocycles. The van der Waals surface area contributed by atoms with E-state index in [0.717, 1.165) is 18.6 Å². The lowest BCUT2D eigenvalue weighted by Crippen LogP contribution is -2.10. The van der Waals surface area contributed by atoms with E-state index in [0.29, 0.717) is 30.6 Å². The van der Waals surface area contributed by atoms with Gasteiger partial charge in [0.15, 0.2) is 0 Å². The summed E-state index contributed by atoms with van der Waals surface area (Å²) in [4.78, 5) is 10.5. The number of aromatic hydroxyl groups is 1. The van der Waals surface area contributed by atoms with E-state index in [1.54, 1.807) is 12.1 Å². The Bertz CT molecular complexity index is 676. The number of benzene rings is 2. The number of hydrogen-bond donors (Lipinski definition) is 2. The first kappa shape index (κ1) is 19.8. The maximum Gasteiger partial charge on any atom is 0.303 e. The molecule has 2 rings (SSSR count). The molecule has 2 atom stereocenters. The summed E-state index contributed by atoms with van der Waals surface area (Å²) in [5.41, 5.74) is 2.51. The first-order chi connectivity index (χ1) is 12.5. The van der Waals surface area contributed by atoms with Gasteiger partial charge in [0.1, 0.15) is 11.5 Å². The van der Waals surface area contributed by atoms with Gasteiger partial charge in [-0.05, 0) is 66.5 Å². The van der Waals surface area contributed by atoms with Crippen molar-refractivity contribution in [1.82, 2.24) is 0 Å². The van der Waals surface area contributed by atoms with E-state index in [4.69, 9.17) is 9.84 Å². The average Bonchev–Trinajstić information content (AvgIpc) is 2.65. The maximum absolute atomic E-state index is 10.5. The molecule has 0 radical (unpaired) electrons. The monoisotopic (exact) mass is 356 g/mol. The summed E-state index contributed by atoms with van der Waals surface area (Å²) in [6.45, 7) is 4.80. The molecule has 4 heteroatoms. The van der Waals surface area contributed by atoms with Crippen LogP contribution in [0.15, 0.2) is 48.5 Å². The van der Waals surface area contributed by atoms with Crippen LogP contribution in [0.25, 0.3) is 0 Å². The lowest BCUT2D eigenvalue weighted by atomic mass is 9.78. The Balaban J connectivity index is 2.06. The van der Waals surface area contributed by atoms with Crippen molar-refractivity contribution in [3.63, 3.8) is 0 Å². The van der Waals surface area contributed by atoms with Gasteiger partial charge in [-0.2, -0.15) is 0 Å². The summed E-state index contributed by atoms with van der Waals surface area (Å²) < 4.78 is 5.62. The topological polar surface area (TPSA) is 66.8 Å². The summed E-state index contributed by atoms with van der Waals surface area (Å²) in [5, 5.41) is 18.2. The van der Waals surface area contributed by atoms with Crippen molar-refractivity contribution in [3.8, 4) is 11.5 Å². The molecule has 0 fully saturated rings. The van der Waals surface area contributed by atoms with E-state index in [1.165, 1.54) is 11.1 Å². The molecule has 26 heavy (non-hydrogen) atoms. The second kappa shape index (κ2) is 9.85. The van der Waals surface area contributed by atoms with E-state index in [1.807, 2.05) is 24.3 Å². The highest BCUT2D eigenvalue weighted by Gasteiger charge is 2.22. The highest BCUT2D eigenvalue weighted by Crippen LogP contribution is 2.38. The van der Waals surface area contributed by atoms with Crippen LogP contribution in [-0.2, 0) is 4.79 Å². The van der Waals surface area contributed by atoms with Gasteiger partial charge in [-0.15, -0.1) is 0 Å². The van der Waals surface area contributed by atoms with Crippen LogP contribution in [0.4, 0.5) is 0 Å². The minimum atomic E-state index is -0.797. The normalized spacial score (nSPS) is 13.2. The van der Waals surface area contributed by atoms with Gasteiger partial charge < -0.3 is 14.9 Å². The number of aliphatic carboxylic acids is 1. The SMILES string of the molecule is CC[C@H](c1ccc(OCCCC(=O)O)cc1)[C@@H](CC)c1ccc(O)cc1. The Hall–Kier alpha value is -2.49. The maximum atomic E-state index is 10.5. The van der Waals surface area contributed by atoms with Crippen LogP contribution in [0.5, 0.6) is 11.5 Å². The van der Waals surface area contributed by atoms with Crippen molar-refractivity contribution in [2.24, 2.45) is 0 Å². The van der Waals surface area contributed by atoms with Crippen LogP contribution in [0.1, 0.15) is 62.5 Å². The molecule has 0 saturated carbocycles. The second-order valence-electron chi connectivity index (χ2n) is 6.54. The molecule has 0 saturated heterocycles.